The Hall–Kier alpha value is -2.33. The molecule has 1 fully saturated rings. The lowest BCUT2D eigenvalue weighted by Crippen LogP contribution is -2.35. The van der Waals surface area contributed by atoms with Gasteiger partial charge in [0.25, 0.3) is 0 Å². The first-order valence-electron chi connectivity index (χ1n) is 9.95. The monoisotopic (exact) mass is 365 g/mol. The van der Waals surface area contributed by atoms with Gasteiger partial charge in [0.2, 0.25) is 0 Å². The fourth-order valence-corrected chi connectivity index (χ4v) is 3.98. The van der Waals surface area contributed by atoms with Crippen molar-refractivity contribution >= 4 is 5.78 Å². The third-order valence-corrected chi connectivity index (χ3v) is 5.66. The molecular formula is C23H27NO3. The van der Waals surface area contributed by atoms with Crippen LogP contribution in [-0.2, 0) is 11.3 Å². The Morgan fingerprint density at radius 3 is 2.44 bits per heavy atom. The summed E-state index contributed by atoms with van der Waals surface area (Å²) in [5.41, 5.74) is 2.44. The van der Waals surface area contributed by atoms with E-state index in [1.54, 1.807) is 0 Å². The number of benzene rings is 2. The van der Waals surface area contributed by atoms with E-state index in [0.29, 0.717) is 18.8 Å². The summed E-state index contributed by atoms with van der Waals surface area (Å²) in [6.45, 7) is 5.46. The van der Waals surface area contributed by atoms with Crippen LogP contribution in [0.3, 0.4) is 0 Å². The second-order valence-electron chi connectivity index (χ2n) is 7.48. The minimum absolute atomic E-state index is 0.0650. The van der Waals surface area contributed by atoms with Crippen molar-refractivity contribution in [2.45, 2.75) is 38.8 Å². The molecule has 4 heteroatoms. The zero-order valence-corrected chi connectivity index (χ0v) is 15.9. The molecule has 27 heavy (non-hydrogen) atoms. The van der Waals surface area contributed by atoms with Gasteiger partial charge < -0.3 is 9.47 Å². The van der Waals surface area contributed by atoms with Crippen LogP contribution < -0.4 is 9.47 Å². The minimum atomic E-state index is -0.0650. The molecule has 4 rings (SSSR count). The van der Waals surface area contributed by atoms with Gasteiger partial charge in [0.05, 0.1) is 0 Å². The van der Waals surface area contributed by atoms with Crippen LogP contribution in [-0.4, -0.2) is 30.4 Å². The van der Waals surface area contributed by atoms with E-state index in [-0.39, 0.29) is 12.0 Å². The number of fused-ring (bicyclic) bond motifs is 1. The normalized spacial score (nSPS) is 20.4. The Morgan fingerprint density at radius 1 is 1.04 bits per heavy atom. The van der Waals surface area contributed by atoms with Gasteiger partial charge in [-0.1, -0.05) is 43.3 Å². The number of hydrogen-bond acceptors (Lipinski definition) is 4. The smallest absolute Gasteiger partial charge is 0.162 e. The Bertz CT molecular complexity index is 778. The van der Waals surface area contributed by atoms with E-state index >= 15 is 0 Å². The van der Waals surface area contributed by atoms with Crippen LogP contribution in [0.2, 0.25) is 0 Å². The lowest BCUT2D eigenvalue weighted by Gasteiger charge is -2.31. The van der Waals surface area contributed by atoms with Gasteiger partial charge in [-0.25, -0.2) is 0 Å². The number of carbonyl (C=O) groups excluding carboxylic acids is 1. The average molecular weight is 365 g/mol. The van der Waals surface area contributed by atoms with E-state index in [0.717, 1.165) is 49.5 Å². The van der Waals surface area contributed by atoms with E-state index in [9.17, 15) is 4.79 Å². The highest BCUT2D eigenvalue weighted by atomic mass is 16.6. The number of piperidine rings is 1. The summed E-state index contributed by atoms with van der Waals surface area (Å²) >= 11 is 0. The number of rotatable bonds is 5. The van der Waals surface area contributed by atoms with Gasteiger partial charge in [0.15, 0.2) is 17.6 Å². The van der Waals surface area contributed by atoms with Gasteiger partial charge in [-0.2, -0.15) is 0 Å². The third kappa shape index (κ3) is 4.16. The molecule has 2 heterocycles. The molecule has 0 bridgehead atoms. The Kier molecular flexibility index (Phi) is 5.44. The summed E-state index contributed by atoms with van der Waals surface area (Å²) in [6, 6.07) is 16.5. The molecule has 2 aromatic rings. The fraction of sp³-hybridized carbons (Fsp3) is 0.435. The molecule has 2 aliphatic rings. The number of hydrogen-bond donors (Lipinski definition) is 0. The van der Waals surface area contributed by atoms with Crippen molar-refractivity contribution in [3.63, 3.8) is 0 Å². The van der Waals surface area contributed by atoms with Gasteiger partial charge >= 0.3 is 0 Å². The van der Waals surface area contributed by atoms with Crippen LogP contribution in [0.1, 0.15) is 43.4 Å². The van der Waals surface area contributed by atoms with Crippen LogP contribution in [0, 0.1) is 5.92 Å². The lowest BCUT2D eigenvalue weighted by molar-refractivity contribution is -0.124. The molecule has 1 saturated heterocycles. The fourth-order valence-electron chi connectivity index (χ4n) is 3.98. The van der Waals surface area contributed by atoms with Crippen molar-refractivity contribution in [1.29, 1.82) is 0 Å². The summed E-state index contributed by atoms with van der Waals surface area (Å²) in [5.74, 6) is 2.33. The van der Waals surface area contributed by atoms with Crippen LogP contribution in [0.25, 0.3) is 0 Å². The number of likely N-dealkylation sites (tertiary alicyclic amines) is 1. The first-order chi connectivity index (χ1) is 13.2. The standard InChI is InChI=1S/C23H27NO3/c1-2-20(25)18-11-13-24(14-12-18)15-17-7-9-19(10-8-17)23-16-26-21-5-3-4-6-22(21)27-23/h3-10,18,23H,2,11-16H2,1H3. The van der Waals surface area contributed by atoms with Crippen LogP contribution in [0.15, 0.2) is 48.5 Å². The van der Waals surface area contributed by atoms with Gasteiger partial charge in [-0.3, -0.25) is 9.69 Å². The van der Waals surface area contributed by atoms with Crippen LogP contribution in [0.5, 0.6) is 11.5 Å². The van der Waals surface area contributed by atoms with Crippen molar-refractivity contribution in [2.75, 3.05) is 19.7 Å². The van der Waals surface area contributed by atoms with E-state index in [1.807, 2.05) is 31.2 Å². The Balaban J connectivity index is 1.33. The first kappa shape index (κ1) is 18.1. The number of ether oxygens (including phenoxy) is 2. The summed E-state index contributed by atoms with van der Waals surface area (Å²) in [7, 11) is 0. The number of ketones is 1. The minimum Gasteiger partial charge on any atom is -0.485 e. The van der Waals surface area contributed by atoms with Gasteiger partial charge in [-0.05, 0) is 49.2 Å². The zero-order valence-electron chi connectivity index (χ0n) is 15.9. The molecule has 0 spiro atoms. The molecule has 1 unspecified atom stereocenters. The van der Waals surface area contributed by atoms with E-state index in [2.05, 4.69) is 29.2 Å². The second kappa shape index (κ2) is 8.13. The molecule has 0 radical (unpaired) electrons. The molecule has 0 aliphatic carbocycles. The second-order valence-corrected chi connectivity index (χ2v) is 7.48. The van der Waals surface area contributed by atoms with Crippen molar-refractivity contribution < 1.29 is 14.3 Å². The Morgan fingerprint density at radius 2 is 1.74 bits per heavy atom. The molecular weight excluding hydrogens is 338 g/mol. The molecule has 2 aromatic carbocycles. The summed E-state index contributed by atoms with van der Waals surface area (Å²) < 4.78 is 11.9. The quantitative estimate of drug-likeness (QED) is 0.788. The highest BCUT2D eigenvalue weighted by Gasteiger charge is 2.24. The summed E-state index contributed by atoms with van der Waals surface area (Å²) in [6.07, 6.45) is 2.60. The van der Waals surface area contributed by atoms with Crippen molar-refractivity contribution in [2.24, 2.45) is 5.92 Å². The van der Waals surface area contributed by atoms with Crippen molar-refractivity contribution in [1.82, 2.24) is 4.90 Å². The highest BCUT2D eigenvalue weighted by Crippen LogP contribution is 2.35. The molecule has 1 atom stereocenters. The van der Waals surface area contributed by atoms with E-state index in [1.165, 1.54) is 5.56 Å². The SMILES string of the molecule is CCC(=O)C1CCN(Cc2ccc(C3COc4ccccc4O3)cc2)CC1. The summed E-state index contributed by atoms with van der Waals surface area (Å²) in [5, 5.41) is 0. The molecule has 142 valence electrons. The topological polar surface area (TPSA) is 38.8 Å². The van der Waals surface area contributed by atoms with Crippen LogP contribution >= 0.6 is 0 Å². The van der Waals surface area contributed by atoms with Gasteiger partial charge in [-0.15, -0.1) is 0 Å². The van der Waals surface area contributed by atoms with Crippen molar-refractivity contribution in [3.8, 4) is 11.5 Å². The number of Topliss-reactive ketones (excluding diaryl/α,β-unsaturated/α-hetero) is 1. The summed E-state index contributed by atoms with van der Waals surface area (Å²) in [4.78, 5) is 14.3. The maximum absolute atomic E-state index is 11.9. The van der Waals surface area contributed by atoms with E-state index < -0.39 is 0 Å². The van der Waals surface area contributed by atoms with E-state index in [4.69, 9.17) is 9.47 Å². The number of para-hydroxylation sites is 2. The molecule has 4 nitrogen and oxygen atoms in total. The maximum Gasteiger partial charge on any atom is 0.162 e. The molecule has 2 aliphatic heterocycles. The number of carbonyl (C=O) groups is 1. The maximum atomic E-state index is 11.9. The average Bonchev–Trinajstić information content (AvgIpc) is 2.74. The molecule has 0 amide bonds. The van der Waals surface area contributed by atoms with Crippen molar-refractivity contribution in [3.05, 3.63) is 59.7 Å². The largest absolute Gasteiger partial charge is 0.485 e. The Labute approximate surface area is 161 Å². The molecule has 0 saturated carbocycles. The van der Waals surface area contributed by atoms with Gasteiger partial charge in [0.1, 0.15) is 12.4 Å². The molecule has 0 aromatic heterocycles. The third-order valence-electron chi connectivity index (χ3n) is 5.66. The molecule has 0 N–H and O–H groups in total. The van der Waals surface area contributed by atoms with Gasteiger partial charge in [0, 0.05) is 18.9 Å². The van der Waals surface area contributed by atoms with Crippen LogP contribution in [0.4, 0.5) is 0 Å². The lowest BCUT2D eigenvalue weighted by atomic mass is 9.91. The predicted octanol–water partition coefficient (Wildman–Crippen LogP) is 4.39. The number of nitrogens with zero attached hydrogens (tertiary/aromatic N) is 1. The predicted molar refractivity (Wildman–Crippen MR) is 105 cm³/mol. The first-order valence-corrected chi connectivity index (χ1v) is 9.95. The zero-order chi connectivity index (χ0) is 18.6. The highest BCUT2D eigenvalue weighted by molar-refractivity contribution is 5.80.